The molecule has 5 heteroatoms. The molecule has 0 heterocycles. The van der Waals surface area contributed by atoms with Gasteiger partial charge in [0.2, 0.25) is 0 Å². The molecule has 1 atom stereocenters. The van der Waals surface area contributed by atoms with E-state index in [1.54, 1.807) is 12.1 Å². The van der Waals surface area contributed by atoms with Crippen molar-refractivity contribution in [2.24, 2.45) is 0 Å². The normalized spacial score (nSPS) is 11.4. The fourth-order valence-corrected chi connectivity index (χ4v) is 1.71. The minimum absolute atomic E-state index is 0.427. The zero-order valence-corrected chi connectivity index (χ0v) is 10.8. The molecule has 0 aliphatic rings. The standard InChI is InChI=1S/C15H15N3O2/c1-2-15(18(19)20)17-14-10-8-13(9-11-14)16-12-6-4-3-5-7-12/h2-11,15-17H,1H2. The second-order valence-electron chi connectivity index (χ2n) is 4.18. The molecule has 2 N–H and O–H groups in total. The van der Waals surface area contributed by atoms with Crippen LogP contribution < -0.4 is 10.6 Å². The summed E-state index contributed by atoms with van der Waals surface area (Å²) in [7, 11) is 0. The quantitative estimate of drug-likeness (QED) is 0.364. The van der Waals surface area contributed by atoms with Crippen molar-refractivity contribution in [2.45, 2.75) is 6.17 Å². The summed E-state index contributed by atoms with van der Waals surface area (Å²) in [5, 5.41) is 16.7. The molecule has 2 rings (SSSR count). The average molecular weight is 269 g/mol. The van der Waals surface area contributed by atoms with Gasteiger partial charge in [0.15, 0.2) is 0 Å². The van der Waals surface area contributed by atoms with Gasteiger partial charge in [-0.05, 0) is 36.4 Å². The molecule has 0 aliphatic heterocycles. The maximum Gasteiger partial charge on any atom is 0.303 e. The van der Waals surface area contributed by atoms with Crippen LogP contribution in [-0.2, 0) is 0 Å². The molecular weight excluding hydrogens is 254 g/mol. The Hall–Kier alpha value is -2.82. The number of anilines is 3. The van der Waals surface area contributed by atoms with E-state index in [0.29, 0.717) is 5.69 Å². The van der Waals surface area contributed by atoms with Crippen molar-refractivity contribution in [3.63, 3.8) is 0 Å². The Kier molecular flexibility index (Phi) is 4.34. The van der Waals surface area contributed by atoms with Crippen LogP contribution >= 0.6 is 0 Å². The summed E-state index contributed by atoms with van der Waals surface area (Å²) in [6.07, 6.45) is 0.277. The molecule has 0 aliphatic carbocycles. The average Bonchev–Trinajstić information content (AvgIpc) is 2.47. The van der Waals surface area contributed by atoms with Crippen LogP contribution in [0.15, 0.2) is 67.3 Å². The second kappa shape index (κ2) is 6.38. The highest BCUT2D eigenvalue weighted by Crippen LogP contribution is 2.19. The van der Waals surface area contributed by atoms with E-state index in [1.807, 2.05) is 42.5 Å². The molecule has 20 heavy (non-hydrogen) atoms. The van der Waals surface area contributed by atoms with E-state index in [0.717, 1.165) is 11.4 Å². The fraction of sp³-hybridized carbons (Fsp3) is 0.0667. The van der Waals surface area contributed by atoms with Crippen LogP contribution in [0, 0.1) is 10.1 Å². The molecule has 0 spiro atoms. The summed E-state index contributed by atoms with van der Waals surface area (Å²) in [5.41, 5.74) is 2.57. The van der Waals surface area contributed by atoms with Crippen molar-refractivity contribution in [1.29, 1.82) is 0 Å². The molecule has 0 saturated carbocycles. The van der Waals surface area contributed by atoms with Crippen LogP contribution in [0.3, 0.4) is 0 Å². The maximum atomic E-state index is 10.7. The van der Waals surface area contributed by atoms with Crippen LogP contribution in [0.5, 0.6) is 0 Å². The van der Waals surface area contributed by atoms with Crippen molar-refractivity contribution >= 4 is 17.1 Å². The third-order valence-electron chi connectivity index (χ3n) is 2.71. The Morgan fingerprint density at radius 1 is 1.00 bits per heavy atom. The zero-order chi connectivity index (χ0) is 14.4. The van der Waals surface area contributed by atoms with Crippen molar-refractivity contribution in [2.75, 3.05) is 10.6 Å². The predicted molar refractivity (Wildman–Crippen MR) is 80.8 cm³/mol. The number of rotatable bonds is 6. The lowest BCUT2D eigenvalue weighted by Gasteiger charge is -2.10. The Bertz CT molecular complexity index is 582. The highest BCUT2D eigenvalue weighted by molar-refractivity contribution is 5.62. The van der Waals surface area contributed by atoms with E-state index in [9.17, 15) is 10.1 Å². The Balaban J connectivity index is 2.03. The summed E-state index contributed by atoms with van der Waals surface area (Å²) in [6, 6.07) is 17.1. The van der Waals surface area contributed by atoms with Gasteiger partial charge in [0.25, 0.3) is 0 Å². The van der Waals surface area contributed by atoms with Crippen LogP contribution in [0.4, 0.5) is 17.1 Å². The lowest BCUT2D eigenvalue weighted by Crippen LogP contribution is -2.25. The zero-order valence-electron chi connectivity index (χ0n) is 10.8. The summed E-state index contributed by atoms with van der Waals surface area (Å²) in [4.78, 5) is 10.3. The molecule has 2 aromatic carbocycles. The molecule has 0 radical (unpaired) electrons. The van der Waals surface area contributed by atoms with Crippen LogP contribution in [0.25, 0.3) is 0 Å². The molecule has 0 amide bonds. The fourth-order valence-electron chi connectivity index (χ4n) is 1.71. The van der Waals surface area contributed by atoms with E-state index in [1.165, 1.54) is 6.08 Å². The van der Waals surface area contributed by atoms with Gasteiger partial charge in [-0.25, -0.2) is 0 Å². The van der Waals surface area contributed by atoms with Gasteiger partial charge in [-0.3, -0.25) is 10.1 Å². The highest BCUT2D eigenvalue weighted by Gasteiger charge is 2.13. The van der Waals surface area contributed by atoms with Gasteiger partial charge in [0.05, 0.1) is 0 Å². The van der Waals surface area contributed by atoms with Crippen LogP contribution in [-0.4, -0.2) is 11.1 Å². The number of para-hydroxylation sites is 1. The van der Waals surface area contributed by atoms with Gasteiger partial charge in [-0.2, -0.15) is 0 Å². The first-order valence-corrected chi connectivity index (χ1v) is 6.14. The molecule has 0 bridgehead atoms. The SMILES string of the molecule is C=CC(Nc1ccc(Nc2ccccc2)cc1)[N+](=O)[O-]. The number of nitrogens with one attached hydrogen (secondary N) is 2. The van der Waals surface area contributed by atoms with E-state index in [-0.39, 0.29) is 0 Å². The van der Waals surface area contributed by atoms with Crippen molar-refractivity contribution in [1.82, 2.24) is 0 Å². The maximum absolute atomic E-state index is 10.7. The van der Waals surface area contributed by atoms with Gasteiger partial charge >= 0.3 is 6.17 Å². The summed E-state index contributed by atoms with van der Waals surface area (Å²) < 4.78 is 0. The van der Waals surface area contributed by atoms with Gasteiger partial charge in [0.1, 0.15) is 0 Å². The number of nitro groups is 1. The minimum Gasteiger partial charge on any atom is -0.356 e. The van der Waals surface area contributed by atoms with Crippen molar-refractivity contribution < 1.29 is 4.92 Å². The smallest absolute Gasteiger partial charge is 0.303 e. The number of benzene rings is 2. The van der Waals surface area contributed by atoms with Gasteiger partial charge in [-0.1, -0.05) is 24.8 Å². The highest BCUT2D eigenvalue weighted by atomic mass is 16.6. The summed E-state index contributed by atoms with van der Waals surface area (Å²) in [5.74, 6) is 0. The first kappa shape index (κ1) is 13.6. The molecule has 0 saturated heterocycles. The number of hydrogen-bond donors (Lipinski definition) is 2. The number of nitrogens with zero attached hydrogens (tertiary/aromatic N) is 1. The lowest BCUT2D eigenvalue weighted by molar-refractivity contribution is -0.501. The van der Waals surface area contributed by atoms with Gasteiger partial charge in [-0.15, -0.1) is 0 Å². The van der Waals surface area contributed by atoms with Gasteiger partial charge in [0, 0.05) is 28.1 Å². The second-order valence-corrected chi connectivity index (χ2v) is 4.18. The molecule has 0 aromatic heterocycles. The molecule has 102 valence electrons. The third kappa shape index (κ3) is 3.58. The monoisotopic (exact) mass is 269 g/mol. The lowest BCUT2D eigenvalue weighted by atomic mass is 10.2. The molecule has 5 nitrogen and oxygen atoms in total. The van der Waals surface area contributed by atoms with Crippen molar-refractivity contribution in [3.8, 4) is 0 Å². The number of hydrogen-bond acceptors (Lipinski definition) is 4. The van der Waals surface area contributed by atoms with Gasteiger partial charge < -0.3 is 10.6 Å². The van der Waals surface area contributed by atoms with E-state index >= 15 is 0 Å². The van der Waals surface area contributed by atoms with Crippen LogP contribution in [0.2, 0.25) is 0 Å². The molecular formula is C15H15N3O2. The van der Waals surface area contributed by atoms with E-state index < -0.39 is 11.1 Å². The Labute approximate surface area is 117 Å². The first-order valence-electron chi connectivity index (χ1n) is 6.14. The topological polar surface area (TPSA) is 67.2 Å². The predicted octanol–water partition coefficient (Wildman–Crippen LogP) is 3.63. The minimum atomic E-state index is -0.983. The molecule has 0 fully saturated rings. The van der Waals surface area contributed by atoms with E-state index in [4.69, 9.17) is 0 Å². The first-order chi connectivity index (χ1) is 9.69. The van der Waals surface area contributed by atoms with Crippen LogP contribution in [0.1, 0.15) is 0 Å². The Morgan fingerprint density at radius 3 is 2.10 bits per heavy atom. The Morgan fingerprint density at radius 2 is 1.55 bits per heavy atom. The third-order valence-corrected chi connectivity index (χ3v) is 2.71. The largest absolute Gasteiger partial charge is 0.356 e. The molecule has 1 unspecified atom stereocenters. The summed E-state index contributed by atoms with van der Waals surface area (Å²) in [6.45, 7) is 3.44. The summed E-state index contributed by atoms with van der Waals surface area (Å²) >= 11 is 0. The molecule has 2 aromatic rings. The van der Waals surface area contributed by atoms with Crippen molar-refractivity contribution in [3.05, 3.63) is 77.4 Å². The van der Waals surface area contributed by atoms with E-state index in [2.05, 4.69) is 17.2 Å².